The van der Waals surface area contributed by atoms with Crippen LogP contribution in [0, 0.1) is 0 Å². The number of piperidine rings is 1. The highest BCUT2D eigenvalue weighted by Crippen LogP contribution is 2.49. The third-order valence-corrected chi connectivity index (χ3v) is 9.39. The van der Waals surface area contributed by atoms with Crippen LogP contribution in [0.2, 0.25) is 5.02 Å². The molecule has 0 radical (unpaired) electrons. The Labute approximate surface area is 222 Å². The van der Waals surface area contributed by atoms with E-state index < -0.39 is 17.0 Å². The monoisotopic (exact) mass is 545 g/mol. The van der Waals surface area contributed by atoms with Crippen molar-refractivity contribution >= 4 is 46.5 Å². The van der Waals surface area contributed by atoms with Crippen molar-refractivity contribution in [3.63, 3.8) is 0 Å². The molecule has 3 N–H and O–H groups in total. The van der Waals surface area contributed by atoms with E-state index in [1.165, 1.54) is 11.8 Å². The lowest BCUT2D eigenvalue weighted by molar-refractivity contribution is 0.0377. The molecule has 0 aliphatic carbocycles. The van der Waals surface area contributed by atoms with Crippen LogP contribution in [0.1, 0.15) is 45.2 Å². The fourth-order valence-electron chi connectivity index (χ4n) is 4.39. The standard InChI is InChI=1S/C24H28ClN7O2S2/c1-23(2,3)36(33)31-20-15-6-4-5-7-16(15)34-24(20)9-12-32(13-10-24)22-28-14-18(29-30-22)35-17-8-11-27-21(26)19(17)25/h4-8,11,14,20,31H,9-10,12-13H2,1-3H3,(H2,26,27)/t20-,36?/m1/s1. The van der Waals surface area contributed by atoms with Gasteiger partial charge >= 0.3 is 0 Å². The van der Waals surface area contributed by atoms with Crippen LogP contribution in [0.25, 0.3) is 0 Å². The van der Waals surface area contributed by atoms with E-state index in [2.05, 4.69) is 35.9 Å². The highest BCUT2D eigenvalue weighted by Gasteiger charge is 2.53. The van der Waals surface area contributed by atoms with Crippen LogP contribution >= 0.6 is 23.4 Å². The number of benzene rings is 1. The Kier molecular flexibility index (Phi) is 6.94. The van der Waals surface area contributed by atoms with Gasteiger partial charge in [-0.3, -0.25) is 0 Å². The van der Waals surface area contributed by atoms with Gasteiger partial charge in [0.2, 0.25) is 5.95 Å². The maximum absolute atomic E-state index is 13.0. The number of pyridine rings is 1. The van der Waals surface area contributed by atoms with Crippen molar-refractivity contribution in [2.45, 2.75) is 59.9 Å². The van der Waals surface area contributed by atoms with Crippen LogP contribution in [-0.4, -0.2) is 48.2 Å². The van der Waals surface area contributed by atoms with Crippen molar-refractivity contribution in [1.29, 1.82) is 0 Å². The molecule has 9 nitrogen and oxygen atoms in total. The van der Waals surface area contributed by atoms with Crippen LogP contribution in [0.4, 0.5) is 11.8 Å². The van der Waals surface area contributed by atoms with Crippen molar-refractivity contribution in [3.05, 3.63) is 53.3 Å². The first-order valence-corrected chi connectivity index (χ1v) is 14.0. The molecule has 0 amide bonds. The zero-order chi connectivity index (χ0) is 25.5. The molecule has 4 heterocycles. The van der Waals surface area contributed by atoms with Gasteiger partial charge in [-0.25, -0.2) is 9.97 Å². The Morgan fingerprint density at radius 3 is 2.64 bits per heavy atom. The number of fused-ring (bicyclic) bond motifs is 1. The summed E-state index contributed by atoms with van der Waals surface area (Å²) in [6.45, 7) is 7.29. The quantitative estimate of drug-likeness (QED) is 0.451. The molecule has 0 bridgehead atoms. The number of hydrogen-bond acceptors (Lipinski definition) is 10. The van der Waals surface area contributed by atoms with E-state index in [0.29, 0.717) is 29.1 Å². The third kappa shape index (κ3) is 4.95. The van der Waals surface area contributed by atoms with Gasteiger partial charge in [0.15, 0.2) is 0 Å². The van der Waals surface area contributed by atoms with Gasteiger partial charge in [-0.1, -0.05) is 41.6 Å². The van der Waals surface area contributed by atoms with Crippen molar-refractivity contribution in [1.82, 2.24) is 24.9 Å². The van der Waals surface area contributed by atoms with E-state index >= 15 is 0 Å². The van der Waals surface area contributed by atoms with Gasteiger partial charge in [0, 0.05) is 53.9 Å². The zero-order valence-electron chi connectivity index (χ0n) is 20.3. The zero-order valence-corrected chi connectivity index (χ0v) is 22.7. The Balaban J connectivity index is 1.29. The SMILES string of the molecule is CC(C)(C)[S+]([O-])N[C@@H]1c2ccccc2OC12CCN(c1ncc(Sc3ccnc(N)c3Cl)nn1)CC2. The third-order valence-electron chi connectivity index (χ3n) is 6.37. The number of aromatic nitrogens is 4. The number of nitrogens with one attached hydrogen (secondary N) is 1. The normalized spacial score (nSPS) is 19.7. The molecule has 0 saturated carbocycles. The summed E-state index contributed by atoms with van der Waals surface area (Å²) in [5.41, 5.74) is 6.35. The first kappa shape index (κ1) is 25.3. The topological polar surface area (TPSA) is 125 Å². The molecule has 190 valence electrons. The number of halogens is 1. The molecule has 36 heavy (non-hydrogen) atoms. The second-order valence-electron chi connectivity index (χ2n) is 9.83. The van der Waals surface area contributed by atoms with Crippen LogP contribution < -0.4 is 20.1 Å². The average molecular weight is 546 g/mol. The molecule has 1 saturated heterocycles. The van der Waals surface area contributed by atoms with Crippen LogP contribution in [-0.2, 0) is 11.4 Å². The molecular weight excluding hydrogens is 518 g/mol. The van der Waals surface area contributed by atoms with E-state index in [1.54, 1.807) is 18.5 Å². The number of hydrogen-bond donors (Lipinski definition) is 2. The maximum Gasteiger partial charge on any atom is 0.245 e. The Bertz CT molecular complexity index is 1230. The lowest BCUT2D eigenvalue weighted by Crippen LogP contribution is -2.55. The molecule has 3 aromatic rings. The summed E-state index contributed by atoms with van der Waals surface area (Å²) in [6, 6.07) is 9.62. The first-order valence-electron chi connectivity index (χ1n) is 11.6. The highest BCUT2D eigenvalue weighted by molar-refractivity contribution is 7.99. The number of anilines is 2. The molecule has 2 aromatic heterocycles. The van der Waals surface area contributed by atoms with E-state index in [1.807, 2.05) is 39.0 Å². The smallest absolute Gasteiger partial charge is 0.245 e. The van der Waals surface area contributed by atoms with E-state index in [-0.39, 0.29) is 16.6 Å². The first-order chi connectivity index (χ1) is 17.2. The second kappa shape index (κ2) is 9.86. The van der Waals surface area contributed by atoms with Crippen molar-refractivity contribution in [2.75, 3.05) is 23.7 Å². The Hall–Kier alpha value is -2.31. The number of nitrogen functional groups attached to an aromatic ring is 1. The number of ether oxygens (including phenoxy) is 1. The lowest BCUT2D eigenvalue weighted by Gasteiger charge is -2.42. The van der Waals surface area contributed by atoms with Gasteiger partial charge in [-0.2, -0.15) is 0 Å². The van der Waals surface area contributed by atoms with Crippen LogP contribution in [0.15, 0.2) is 52.6 Å². The van der Waals surface area contributed by atoms with E-state index in [9.17, 15) is 4.55 Å². The highest BCUT2D eigenvalue weighted by atomic mass is 35.5. The predicted octanol–water partition coefficient (Wildman–Crippen LogP) is 4.18. The molecule has 5 rings (SSSR count). The Morgan fingerprint density at radius 1 is 1.19 bits per heavy atom. The van der Waals surface area contributed by atoms with Gasteiger partial charge < -0.3 is 19.9 Å². The predicted molar refractivity (Wildman–Crippen MR) is 143 cm³/mol. The van der Waals surface area contributed by atoms with Crippen LogP contribution in [0.3, 0.4) is 0 Å². The van der Waals surface area contributed by atoms with Gasteiger partial charge in [0.1, 0.15) is 33.0 Å². The number of rotatable bonds is 5. The summed E-state index contributed by atoms with van der Waals surface area (Å²) < 4.78 is 22.6. The largest absolute Gasteiger partial charge is 0.598 e. The number of para-hydroxylation sites is 1. The molecule has 2 atom stereocenters. The van der Waals surface area contributed by atoms with Crippen LogP contribution in [0.5, 0.6) is 5.75 Å². The fraction of sp³-hybridized carbons (Fsp3) is 0.417. The minimum atomic E-state index is -1.23. The van der Waals surface area contributed by atoms with Gasteiger partial charge in [0.05, 0.1) is 11.2 Å². The lowest BCUT2D eigenvalue weighted by atomic mass is 9.83. The summed E-state index contributed by atoms with van der Waals surface area (Å²) in [7, 11) is 0. The van der Waals surface area contributed by atoms with E-state index in [4.69, 9.17) is 22.1 Å². The average Bonchev–Trinajstić information content (AvgIpc) is 3.15. The molecular formula is C24H28ClN7O2S2. The summed E-state index contributed by atoms with van der Waals surface area (Å²) in [5.74, 6) is 1.69. The Morgan fingerprint density at radius 2 is 1.94 bits per heavy atom. The van der Waals surface area contributed by atoms with Gasteiger partial charge in [0.25, 0.3) is 0 Å². The number of nitrogens with two attached hydrogens (primary N) is 1. The minimum absolute atomic E-state index is 0.161. The van der Waals surface area contributed by atoms with Crippen molar-refractivity contribution in [2.24, 2.45) is 0 Å². The fourth-order valence-corrected chi connectivity index (χ4v) is 6.26. The molecule has 2 aliphatic rings. The van der Waals surface area contributed by atoms with Gasteiger partial charge in [-0.15, -0.1) is 14.9 Å². The molecule has 2 aliphatic heterocycles. The number of nitrogens with zero attached hydrogens (tertiary/aromatic N) is 5. The molecule has 1 aromatic carbocycles. The minimum Gasteiger partial charge on any atom is -0.598 e. The molecule has 1 fully saturated rings. The van der Waals surface area contributed by atoms with Crippen molar-refractivity contribution in [3.8, 4) is 5.75 Å². The molecule has 1 unspecified atom stereocenters. The van der Waals surface area contributed by atoms with Gasteiger partial charge in [-0.05, 0) is 32.9 Å². The summed E-state index contributed by atoms with van der Waals surface area (Å²) in [5, 5.41) is 9.69. The van der Waals surface area contributed by atoms with Crippen molar-refractivity contribution < 1.29 is 9.29 Å². The summed E-state index contributed by atoms with van der Waals surface area (Å²) in [4.78, 5) is 11.4. The maximum atomic E-state index is 13.0. The summed E-state index contributed by atoms with van der Waals surface area (Å²) in [6.07, 6.45) is 4.74. The summed E-state index contributed by atoms with van der Waals surface area (Å²) >= 11 is 6.34. The molecule has 1 spiro atoms. The second-order valence-corrected chi connectivity index (χ2v) is 13.3. The molecule has 12 heteroatoms. The van der Waals surface area contributed by atoms with E-state index in [0.717, 1.165) is 29.1 Å².